The van der Waals surface area contributed by atoms with E-state index in [1.54, 1.807) is 0 Å². The lowest BCUT2D eigenvalue weighted by atomic mass is 9.97. The molecule has 0 bridgehead atoms. The van der Waals surface area contributed by atoms with Crippen LogP contribution in [0.2, 0.25) is 5.15 Å². The van der Waals surface area contributed by atoms with Crippen LogP contribution >= 0.6 is 23.4 Å². The van der Waals surface area contributed by atoms with Gasteiger partial charge in [0.1, 0.15) is 11.0 Å². The minimum atomic E-state index is 0.514. The zero-order chi connectivity index (χ0) is 12.3. The van der Waals surface area contributed by atoms with E-state index in [0.29, 0.717) is 11.1 Å². The number of anilines is 1. The maximum atomic E-state index is 5.99. The van der Waals surface area contributed by atoms with E-state index in [1.165, 1.54) is 11.8 Å². The van der Waals surface area contributed by atoms with Crippen LogP contribution in [-0.4, -0.2) is 35.9 Å². The smallest absolute Gasteiger partial charge is 0.190 e. The molecule has 94 valence electrons. The minimum Gasteiger partial charge on any atom is -0.356 e. The fourth-order valence-electron chi connectivity index (χ4n) is 2.04. The van der Waals surface area contributed by atoms with Crippen molar-refractivity contribution < 1.29 is 0 Å². The van der Waals surface area contributed by atoms with Gasteiger partial charge in [-0.25, -0.2) is 9.97 Å². The first-order chi connectivity index (χ1) is 8.22. The second-order valence-electron chi connectivity index (χ2n) is 4.20. The molecule has 0 unspecified atom stereocenters. The van der Waals surface area contributed by atoms with Crippen LogP contribution in [0, 0.1) is 5.92 Å². The van der Waals surface area contributed by atoms with Crippen molar-refractivity contribution in [3.8, 4) is 0 Å². The zero-order valence-corrected chi connectivity index (χ0v) is 11.5. The van der Waals surface area contributed by atoms with Gasteiger partial charge in [0.15, 0.2) is 5.16 Å². The van der Waals surface area contributed by atoms with Crippen molar-refractivity contribution in [2.75, 3.05) is 30.8 Å². The molecule has 0 spiro atoms. The molecular formula is C11H17ClN4S. The SMILES string of the molecule is CSc1nc(Cl)cc(N2CCC(CN)CC2)n1. The molecule has 0 atom stereocenters. The van der Waals surface area contributed by atoms with E-state index in [1.807, 2.05) is 12.3 Å². The van der Waals surface area contributed by atoms with Gasteiger partial charge in [-0.1, -0.05) is 23.4 Å². The standard InChI is InChI=1S/C11H17ClN4S/c1-17-11-14-9(12)6-10(15-11)16-4-2-8(7-13)3-5-16/h6,8H,2-5,7,13H2,1H3. The molecule has 0 saturated carbocycles. The van der Waals surface area contributed by atoms with Gasteiger partial charge >= 0.3 is 0 Å². The summed E-state index contributed by atoms with van der Waals surface area (Å²) < 4.78 is 0. The number of halogens is 1. The highest BCUT2D eigenvalue weighted by Gasteiger charge is 2.19. The van der Waals surface area contributed by atoms with Crippen molar-refractivity contribution in [1.82, 2.24) is 9.97 Å². The number of piperidine rings is 1. The maximum absolute atomic E-state index is 5.99. The summed E-state index contributed by atoms with van der Waals surface area (Å²) in [4.78, 5) is 10.9. The van der Waals surface area contributed by atoms with Gasteiger partial charge in [0.05, 0.1) is 0 Å². The molecule has 1 aromatic rings. The Labute approximate surface area is 111 Å². The molecule has 6 heteroatoms. The number of hydrogen-bond donors (Lipinski definition) is 1. The van der Waals surface area contributed by atoms with Gasteiger partial charge in [0, 0.05) is 19.2 Å². The largest absolute Gasteiger partial charge is 0.356 e. The summed E-state index contributed by atoms with van der Waals surface area (Å²) in [6.45, 7) is 2.79. The molecule has 0 radical (unpaired) electrons. The van der Waals surface area contributed by atoms with Crippen LogP contribution in [0.5, 0.6) is 0 Å². The normalized spacial score (nSPS) is 17.5. The highest BCUT2D eigenvalue weighted by molar-refractivity contribution is 7.98. The van der Waals surface area contributed by atoms with Crippen molar-refractivity contribution in [3.63, 3.8) is 0 Å². The Balaban J connectivity index is 2.10. The Morgan fingerprint density at radius 2 is 2.18 bits per heavy atom. The van der Waals surface area contributed by atoms with Crippen LogP contribution in [0.3, 0.4) is 0 Å². The maximum Gasteiger partial charge on any atom is 0.190 e. The van der Waals surface area contributed by atoms with Gasteiger partial charge < -0.3 is 10.6 Å². The molecule has 2 rings (SSSR count). The third-order valence-corrected chi connectivity index (χ3v) is 3.86. The van der Waals surface area contributed by atoms with Gasteiger partial charge in [0.25, 0.3) is 0 Å². The zero-order valence-electron chi connectivity index (χ0n) is 9.90. The molecule has 2 N–H and O–H groups in total. The molecule has 0 amide bonds. The molecule has 2 heterocycles. The van der Waals surface area contributed by atoms with Crippen LogP contribution in [-0.2, 0) is 0 Å². The van der Waals surface area contributed by atoms with Crippen molar-refractivity contribution >= 4 is 29.2 Å². The minimum absolute atomic E-state index is 0.514. The number of nitrogens with two attached hydrogens (primary N) is 1. The van der Waals surface area contributed by atoms with Crippen molar-refractivity contribution in [1.29, 1.82) is 0 Å². The fourth-order valence-corrected chi connectivity index (χ4v) is 2.64. The molecule has 1 aliphatic rings. The van der Waals surface area contributed by atoms with E-state index >= 15 is 0 Å². The highest BCUT2D eigenvalue weighted by atomic mass is 35.5. The monoisotopic (exact) mass is 272 g/mol. The second kappa shape index (κ2) is 5.89. The third kappa shape index (κ3) is 3.24. The molecule has 1 aromatic heterocycles. The van der Waals surface area contributed by atoms with E-state index in [0.717, 1.165) is 43.5 Å². The molecule has 17 heavy (non-hydrogen) atoms. The first-order valence-electron chi connectivity index (χ1n) is 5.76. The quantitative estimate of drug-likeness (QED) is 0.518. The number of thioether (sulfide) groups is 1. The van der Waals surface area contributed by atoms with Crippen molar-refractivity contribution in [2.45, 2.75) is 18.0 Å². The van der Waals surface area contributed by atoms with Crippen LogP contribution in [0.4, 0.5) is 5.82 Å². The Morgan fingerprint density at radius 1 is 1.47 bits per heavy atom. The predicted molar refractivity (Wildman–Crippen MR) is 72.8 cm³/mol. The Morgan fingerprint density at radius 3 is 2.76 bits per heavy atom. The average molecular weight is 273 g/mol. The molecule has 4 nitrogen and oxygen atoms in total. The molecule has 0 aromatic carbocycles. The predicted octanol–water partition coefficient (Wildman–Crippen LogP) is 2.03. The average Bonchev–Trinajstić information content (AvgIpc) is 2.38. The van der Waals surface area contributed by atoms with Crippen LogP contribution in [0.15, 0.2) is 11.2 Å². The van der Waals surface area contributed by atoms with E-state index in [2.05, 4.69) is 14.9 Å². The van der Waals surface area contributed by atoms with Crippen LogP contribution < -0.4 is 10.6 Å². The Kier molecular flexibility index (Phi) is 4.48. The molecule has 1 saturated heterocycles. The van der Waals surface area contributed by atoms with Crippen LogP contribution in [0.25, 0.3) is 0 Å². The molecule has 1 fully saturated rings. The molecular weight excluding hydrogens is 256 g/mol. The summed E-state index contributed by atoms with van der Waals surface area (Å²) in [5.41, 5.74) is 5.69. The Hall–Kier alpha value is -0.520. The van der Waals surface area contributed by atoms with Gasteiger partial charge in [-0.15, -0.1) is 0 Å². The van der Waals surface area contributed by atoms with Gasteiger partial charge in [0.2, 0.25) is 0 Å². The Bertz CT molecular complexity index is 380. The van der Waals surface area contributed by atoms with Crippen LogP contribution in [0.1, 0.15) is 12.8 Å². The van der Waals surface area contributed by atoms with Gasteiger partial charge in [-0.3, -0.25) is 0 Å². The summed E-state index contributed by atoms with van der Waals surface area (Å²) in [5.74, 6) is 1.59. The third-order valence-electron chi connectivity index (χ3n) is 3.12. The summed E-state index contributed by atoms with van der Waals surface area (Å²) in [5, 5.41) is 1.24. The summed E-state index contributed by atoms with van der Waals surface area (Å²) in [6.07, 6.45) is 4.22. The second-order valence-corrected chi connectivity index (χ2v) is 5.36. The van der Waals surface area contributed by atoms with Gasteiger partial charge in [-0.05, 0) is 31.6 Å². The van der Waals surface area contributed by atoms with E-state index in [4.69, 9.17) is 17.3 Å². The van der Waals surface area contributed by atoms with E-state index in [9.17, 15) is 0 Å². The number of rotatable bonds is 3. The van der Waals surface area contributed by atoms with Crippen molar-refractivity contribution in [3.05, 3.63) is 11.2 Å². The first kappa shape index (κ1) is 12.9. The number of nitrogens with zero attached hydrogens (tertiary/aromatic N) is 3. The summed E-state index contributed by atoms with van der Waals surface area (Å²) >= 11 is 7.51. The first-order valence-corrected chi connectivity index (χ1v) is 7.36. The van der Waals surface area contributed by atoms with Crippen molar-refractivity contribution in [2.24, 2.45) is 11.7 Å². The van der Waals surface area contributed by atoms with E-state index < -0.39 is 0 Å². The topological polar surface area (TPSA) is 55.0 Å². The fraction of sp³-hybridized carbons (Fsp3) is 0.636. The number of hydrogen-bond acceptors (Lipinski definition) is 5. The lowest BCUT2D eigenvalue weighted by Gasteiger charge is -2.32. The molecule has 1 aliphatic heterocycles. The number of aromatic nitrogens is 2. The lowest BCUT2D eigenvalue weighted by Crippen LogP contribution is -2.36. The van der Waals surface area contributed by atoms with Gasteiger partial charge in [-0.2, -0.15) is 0 Å². The lowest BCUT2D eigenvalue weighted by molar-refractivity contribution is 0.412. The molecule has 0 aliphatic carbocycles. The highest BCUT2D eigenvalue weighted by Crippen LogP contribution is 2.24. The summed E-state index contributed by atoms with van der Waals surface area (Å²) in [7, 11) is 0. The summed E-state index contributed by atoms with van der Waals surface area (Å²) in [6, 6.07) is 1.84. The van der Waals surface area contributed by atoms with E-state index in [-0.39, 0.29) is 0 Å².